The van der Waals surface area contributed by atoms with Gasteiger partial charge in [0.15, 0.2) is 0 Å². The van der Waals surface area contributed by atoms with Crippen molar-refractivity contribution >= 4 is 28.8 Å². The van der Waals surface area contributed by atoms with E-state index in [1.54, 1.807) is 28.3 Å². The highest BCUT2D eigenvalue weighted by Crippen LogP contribution is 2.37. The largest absolute Gasteiger partial charge is 0.490 e. The normalized spacial score (nSPS) is 18.6. The van der Waals surface area contributed by atoms with Crippen LogP contribution in [0.15, 0.2) is 46.2 Å². The second kappa shape index (κ2) is 8.17. The van der Waals surface area contributed by atoms with Gasteiger partial charge in [0.2, 0.25) is 5.84 Å². The number of carbonyl (C=O) groups excluding carboxylic acids is 1. The molecule has 1 fully saturated rings. The smallest absolute Gasteiger partial charge is 0.419 e. The van der Waals surface area contributed by atoms with Crippen molar-refractivity contribution < 1.29 is 22.7 Å². The van der Waals surface area contributed by atoms with Gasteiger partial charge in [0.25, 0.3) is 5.91 Å². The lowest BCUT2D eigenvalue weighted by Crippen LogP contribution is -2.54. The lowest BCUT2D eigenvalue weighted by Gasteiger charge is -2.38. The zero-order valence-corrected chi connectivity index (χ0v) is 17.1. The number of anilines is 1. The van der Waals surface area contributed by atoms with Gasteiger partial charge < -0.3 is 14.5 Å². The minimum absolute atomic E-state index is 0.155. The van der Waals surface area contributed by atoms with Crippen LogP contribution >= 0.6 is 11.3 Å². The fourth-order valence-corrected chi connectivity index (χ4v) is 4.17. The Balaban J connectivity index is 1.44. The van der Waals surface area contributed by atoms with Crippen LogP contribution in [0.4, 0.5) is 18.9 Å². The molecule has 0 saturated carbocycles. The average Bonchev–Trinajstić information content (AvgIpc) is 3.25. The van der Waals surface area contributed by atoms with E-state index in [2.05, 4.69) is 5.10 Å². The van der Waals surface area contributed by atoms with Gasteiger partial charge in [-0.2, -0.15) is 24.5 Å². The van der Waals surface area contributed by atoms with Crippen LogP contribution in [0, 0.1) is 0 Å². The molecule has 0 atom stereocenters. The Morgan fingerprint density at radius 3 is 2.57 bits per heavy atom. The fourth-order valence-electron chi connectivity index (χ4n) is 3.54. The lowest BCUT2D eigenvalue weighted by molar-refractivity contribution is -0.139. The molecule has 0 N–H and O–H groups in total. The number of hydrogen-bond donors (Lipinski definition) is 0. The lowest BCUT2D eigenvalue weighted by atomic mass is 10.1. The first kappa shape index (κ1) is 20.5. The Bertz CT molecular complexity index is 924. The Labute approximate surface area is 176 Å². The molecule has 2 aliphatic heterocycles. The highest BCUT2D eigenvalue weighted by Gasteiger charge is 2.36. The molecule has 6 nitrogen and oxygen atoms in total. The van der Waals surface area contributed by atoms with Gasteiger partial charge in [0, 0.05) is 38.4 Å². The Kier molecular flexibility index (Phi) is 5.59. The second-order valence-corrected chi connectivity index (χ2v) is 8.03. The van der Waals surface area contributed by atoms with Crippen molar-refractivity contribution in [3.63, 3.8) is 0 Å². The number of hydrogen-bond acceptors (Lipinski definition) is 6. The van der Waals surface area contributed by atoms with Gasteiger partial charge in [0.05, 0.1) is 11.3 Å². The number of alkyl halides is 3. The molecule has 160 valence electrons. The highest BCUT2D eigenvalue weighted by atomic mass is 32.1. The molecule has 0 aliphatic carbocycles. The number of hydrazone groups is 1. The molecule has 30 heavy (non-hydrogen) atoms. The van der Waals surface area contributed by atoms with E-state index in [1.165, 1.54) is 18.2 Å². The van der Waals surface area contributed by atoms with Gasteiger partial charge in [-0.1, -0.05) is 12.1 Å². The standard InChI is InChI=1S/C20H21F3N4O2S/c1-25-13-27(14-8-11-30-12-14)24-18(19(25)28)26-9-6-15(7-10-26)29-17-5-3-2-4-16(17)20(21,22)23/h2-5,8,11-12,15H,6-7,9-10,13H2,1H3. The van der Waals surface area contributed by atoms with Crippen molar-refractivity contribution in [2.75, 3.05) is 31.8 Å². The summed E-state index contributed by atoms with van der Waals surface area (Å²) in [5.41, 5.74) is 0.145. The van der Waals surface area contributed by atoms with E-state index in [1.807, 2.05) is 21.7 Å². The van der Waals surface area contributed by atoms with E-state index >= 15 is 0 Å². The zero-order chi connectivity index (χ0) is 21.3. The molecular weight excluding hydrogens is 417 g/mol. The van der Waals surface area contributed by atoms with Crippen LogP contribution in [-0.4, -0.2) is 54.5 Å². The van der Waals surface area contributed by atoms with Crippen LogP contribution in [0.25, 0.3) is 0 Å². The second-order valence-electron chi connectivity index (χ2n) is 7.25. The first-order valence-electron chi connectivity index (χ1n) is 9.54. The number of benzene rings is 1. The summed E-state index contributed by atoms with van der Waals surface area (Å²) in [6.07, 6.45) is -3.81. The van der Waals surface area contributed by atoms with E-state index in [-0.39, 0.29) is 17.8 Å². The van der Waals surface area contributed by atoms with E-state index < -0.39 is 11.7 Å². The van der Waals surface area contributed by atoms with Gasteiger partial charge in [0.1, 0.15) is 18.5 Å². The summed E-state index contributed by atoms with van der Waals surface area (Å²) in [6.45, 7) is 1.33. The summed E-state index contributed by atoms with van der Waals surface area (Å²) in [5.74, 6) is 0.0326. The number of halogens is 3. The van der Waals surface area contributed by atoms with Gasteiger partial charge in [-0.05, 0) is 23.6 Å². The number of carbonyl (C=O) groups is 1. The van der Waals surface area contributed by atoms with Crippen molar-refractivity contribution in [2.24, 2.45) is 5.10 Å². The van der Waals surface area contributed by atoms with Crippen LogP contribution in [0.3, 0.4) is 0 Å². The molecule has 1 amide bonds. The summed E-state index contributed by atoms with van der Waals surface area (Å²) in [7, 11) is 1.72. The average molecular weight is 438 g/mol. The number of rotatable bonds is 3. The molecule has 2 aliphatic rings. The van der Waals surface area contributed by atoms with Crippen LogP contribution in [0.5, 0.6) is 5.75 Å². The molecule has 3 heterocycles. The highest BCUT2D eigenvalue weighted by molar-refractivity contribution is 7.08. The summed E-state index contributed by atoms with van der Waals surface area (Å²) in [4.78, 5) is 16.1. The number of nitrogens with zero attached hydrogens (tertiary/aromatic N) is 4. The summed E-state index contributed by atoms with van der Waals surface area (Å²) in [6, 6.07) is 7.19. The number of para-hydroxylation sites is 1. The zero-order valence-electron chi connectivity index (χ0n) is 16.3. The van der Waals surface area contributed by atoms with E-state index in [0.717, 1.165) is 11.8 Å². The molecule has 2 aromatic rings. The Morgan fingerprint density at radius 2 is 1.90 bits per heavy atom. The van der Waals surface area contributed by atoms with Crippen molar-refractivity contribution in [2.45, 2.75) is 25.1 Å². The molecule has 4 rings (SSSR count). The van der Waals surface area contributed by atoms with E-state index in [4.69, 9.17) is 4.74 Å². The predicted octanol–water partition coefficient (Wildman–Crippen LogP) is 3.86. The van der Waals surface area contributed by atoms with Gasteiger partial charge >= 0.3 is 6.18 Å². The maximum atomic E-state index is 13.2. The van der Waals surface area contributed by atoms with Gasteiger partial charge in [-0.25, -0.2) is 5.01 Å². The minimum Gasteiger partial charge on any atom is -0.490 e. The van der Waals surface area contributed by atoms with E-state index in [9.17, 15) is 18.0 Å². The van der Waals surface area contributed by atoms with Crippen molar-refractivity contribution in [1.82, 2.24) is 9.80 Å². The van der Waals surface area contributed by atoms with Crippen molar-refractivity contribution in [3.8, 4) is 5.75 Å². The number of likely N-dealkylation sites (tertiary alicyclic amines) is 1. The van der Waals surface area contributed by atoms with Gasteiger partial charge in [-0.15, -0.1) is 5.10 Å². The molecule has 1 aromatic carbocycles. The maximum absolute atomic E-state index is 13.2. The number of piperidine rings is 1. The molecule has 0 bridgehead atoms. The van der Waals surface area contributed by atoms with E-state index in [0.29, 0.717) is 38.4 Å². The summed E-state index contributed by atoms with van der Waals surface area (Å²) < 4.78 is 45.3. The molecule has 0 radical (unpaired) electrons. The predicted molar refractivity (Wildman–Crippen MR) is 109 cm³/mol. The molecule has 0 unspecified atom stereocenters. The third kappa shape index (κ3) is 4.23. The Morgan fingerprint density at radius 1 is 1.17 bits per heavy atom. The summed E-state index contributed by atoms with van der Waals surface area (Å²) in [5, 5.41) is 10.2. The quantitative estimate of drug-likeness (QED) is 0.730. The number of amides is 1. The molecule has 0 spiro atoms. The maximum Gasteiger partial charge on any atom is 0.419 e. The molecule has 10 heteroatoms. The van der Waals surface area contributed by atoms with Crippen molar-refractivity contribution in [3.05, 3.63) is 46.7 Å². The number of ether oxygens (including phenoxy) is 1. The first-order valence-corrected chi connectivity index (χ1v) is 10.5. The first-order chi connectivity index (χ1) is 14.3. The van der Waals surface area contributed by atoms with Crippen LogP contribution in [0.1, 0.15) is 18.4 Å². The van der Waals surface area contributed by atoms with Crippen LogP contribution in [-0.2, 0) is 11.0 Å². The topological polar surface area (TPSA) is 48.4 Å². The monoisotopic (exact) mass is 438 g/mol. The van der Waals surface area contributed by atoms with Gasteiger partial charge in [-0.3, -0.25) is 4.79 Å². The number of amidine groups is 1. The SMILES string of the molecule is CN1CN(c2ccsc2)N=C(N2CCC(Oc3ccccc3C(F)(F)F)CC2)C1=O. The fraction of sp³-hybridized carbons (Fsp3) is 0.400. The third-order valence-electron chi connectivity index (χ3n) is 5.13. The Hall–Kier alpha value is -2.75. The molecular formula is C20H21F3N4O2S. The number of thiophene rings is 1. The van der Waals surface area contributed by atoms with Crippen LogP contribution in [0.2, 0.25) is 0 Å². The van der Waals surface area contributed by atoms with Crippen molar-refractivity contribution in [1.29, 1.82) is 0 Å². The minimum atomic E-state index is -4.46. The number of likely N-dealkylation sites (N-methyl/N-ethyl adjacent to an activating group) is 1. The molecule has 1 saturated heterocycles. The third-order valence-corrected chi connectivity index (χ3v) is 5.80. The summed E-state index contributed by atoms with van der Waals surface area (Å²) >= 11 is 1.55. The molecule has 1 aromatic heterocycles. The van der Waals surface area contributed by atoms with Crippen LogP contribution < -0.4 is 9.75 Å².